The van der Waals surface area contributed by atoms with Crippen LogP contribution in [0.1, 0.15) is 102 Å². The second kappa shape index (κ2) is 11.6. The second-order valence-corrected chi connectivity index (χ2v) is 15.5. The Labute approximate surface area is 262 Å². The molecule has 0 aliphatic heterocycles. The van der Waals surface area contributed by atoms with Gasteiger partial charge >= 0.3 is 0 Å². The molecule has 2 aromatic carbocycles. The van der Waals surface area contributed by atoms with E-state index in [1.807, 2.05) is 11.3 Å². The highest BCUT2D eigenvalue weighted by Crippen LogP contribution is 2.50. The van der Waals surface area contributed by atoms with Crippen LogP contribution in [0, 0.1) is 23.7 Å². The van der Waals surface area contributed by atoms with Crippen LogP contribution < -0.4 is 14.7 Å². The molecule has 0 radical (unpaired) electrons. The molecule has 2 bridgehead atoms. The molecular weight excluding hydrogens is 539 g/mol. The average molecular weight is 586 g/mol. The Morgan fingerprint density at radius 2 is 1.67 bits per heavy atom. The van der Waals surface area contributed by atoms with E-state index in [1.165, 1.54) is 108 Å². The van der Waals surface area contributed by atoms with E-state index in [2.05, 4.69) is 91.6 Å². The van der Waals surface area contributed by atoms with Crippen molar-refractivity contribution in [2.45, 2.75) is 96.8 Å². The van der Waals surface area contributed by atoms with Crippen LogP contribution in [0.5, 0.6) is 0 Å². The van der Waals surface area contributed by atoms with Crippen LogP contribution in [-0.2, 0) is 0 Å². The van der Waals surface area contributed by atoms with Crippen molar-refractivity contribution in [2.75, 3.05) is 4.90 Å². The van der Waals surface area contributed by atoms with Gasteiger partial charge in [0, 0.05) is 21.3 Å². The van der Waals surface area contributed by atoms with Crippen molar-refractivity contribution in [1.29, 1.82) is 0 Å². The van der Waals surface area contributed by atoms with E-state index in [-0.39, 0.29) is 0 Å². The van der Waals surface area contributed by atoms with Gasteiger partial charge in [0.25, 0.3) is 0 Å². The number of anilines is 2. The molecule has 2 heteroatoms. The highest BCUT2D eigenvalue weighted by molar-refractivity contribution is 7.17. The summed E-state index contributed by atoms with van der Waals surface area (Å²) in [5.74, 6) is 3.81. The highest BCUT2D eigenvalue weighted by Gasteiger charge is 2.35. The van der Waals surface area contributed by atoms with Crippen LogP contribution >= 0.6 is 11.3 Å². The number of nitrogens with zero attached hydrogens (tertiary/aromatic N) is 1. The molecule has 0 spiro atoms. The fraction of sp³-hybridized carbons (Fsp3) is 0.463. The predicted molar refractivity (Wildman–Crippen MR) is 186 cm³/mol. The normalized spacial score (nSPS) is 27.3. The van der Waals surface area contributed by atoms with Gasteiger partial charge in [-0.05, 0) is 122 Å². The van der Waals surface area contributed by atoms with E-state index in [0.717, 1.165) is 30.1 Å². The quantitative estimate of drug-likeness (QED) is 0.269. The molecule has 0 N–H and O–H groups in total. The molecule has 2 fully saturated rings. The maximum Gasteiger partial charge on any atom is 0.0637 e. The molecular formula is C41H47NS. The molecule has 5 aliphatic carbocycles. The number of allylic oxidation sites excluding steroid dienone is 6. The molecule has 5 aliphatic rings. The molecule has 1 aromatic heterocycles. The Bertz CT molecular complexity index is 1720. The van der Waals surface area contributed by atoms with Crippen LogP contribution in [0.3, 0.4) is 0 Å². The van der Waals surface area contributed by atoms with E-state index in [1.54, 1.807) is 16.7 Å². The number of hydrogen-bond donors (Lipinski definition) is 0. The topological polar surface area (TPSA) is 3.24 Å². The lowest BCUT2D eigenvalue weighted by atomic mass is 9.80. The molecule has 1 heterocycles. The van der Waals surface area contributed by atoms with Crippen molar-refractivity contribution in [2.24, 2.45) is 23.7 Å². The molecule has 0 amide bonds. The van der Waals surface area contributed by atoms with Gasteiger partial charge in [0.1, 0.15) is 0 Å². The number of rotatable bonds is 5. The van der Waals surface area contributed by atoms with Crippen LogP contribution in [0.15, 0.2) is 77.5 Å². The van der Waals surface area contributed by atoms with E-state index in [9.17, 15) is 0 Å². The van der Waals surface area contributed by atoms with Gasteiger partial charge in [-0.15, -0.1) is 11.3 Å². The van der Waals surface area contributed by atoms with Crippen LogP contribution in [0.2, 0.25) is 0 Å². The fourth-order valence-corrected chi connectivity index (χ4v) is 10.4. The molecule has 222 valence electrons. The molecule has 8 rings (SSSR count). The summed E-state index contributed by atoms with van der Waals surface area (Å²) in [6.07, 6.45) is 28.2. The first kappa shape index (κ1) is 27.7. The zero-order valence-corrected chi connectivity index (χ0v) is 27.0. The van der Waals surface area contributed by atoms with Crippen molar-refractivity contribution < 1.29 is 0 Å². The number of fused-ring (bicyclic) bond motifs is 5. The Kier molecular flexibility index (Phi) is 7.46. The van der Waals surface area contributed by atoms with Crippen LogP contribution in [-0.4, -0.2) is 0 Å². The maximum atomic E-state index is 2.62. The Balaban J connectivity index is 1.20. The summed E-state index contributed by atoms with van der Waals surface area (Å²) in [4.78, 5) is 2.62. The predicted octanol–water partition coefficient (Wildman–Crippen LogP) is 10.7. The first-order valence-electron chi connectivity index (χ1n) is 17.3. The summed E-state index contributed by atoms with van der Waals surface area (Å²) in [5, 5.41) is 2.90. The monoisotopic (exact) mass is 585 g/mol. The van der Waals surface area contributed by atoms with Gasteiger partial charge in [0.15, 0.2) is 0 Å². The van der Waals surface area contributed by atoms with Crippen LogP contribution in [0.4, 0.5) is 11.4 Å². The smallest absolute Gasteiger partial charge is 0.0637 e. The van der Waals surface area contributed by atoms with Gasteiger partial charge in [0.2, 0.25) is 0 Å². The lowest BCUT2D eigenvalue weighted by molar-refractivity contribution is 0.393. The lowest BCUT2D eigenvalue weighted by Crippen LogP contribution is -2.20. The minimum atomic E-state index is 0.693. The average Bonchev–Trinajstić information content (AvgIpc) is 3.49. The highest BCUT2D eigenvalue weighted by atomic mass is 32.1. The van der Waals surface area contributed by atoms with Gasteiger partial charge in [-0.25, -0.2) is 0 Å². The zero-order chi connectivity index (χ0) is 28.9. The number of benzene rings is 2. The van der Waals surface area contributed by atoms with Crippen molar-refractivity contribution in [3.8, 4) is 0 Å². The van der Waals surface area contributed by atoms with E-state index >= 15 is 0 Å². The molecule has 1 nitrogen and oxygen atoms in total. The summed E-state index contributed by atoms with van der Waals surface area (Å²) in [5.41, 5.74) is 9.07. The standard InChI is InChI=1S/C41H47NS/c1-27-11-21-36-37-9-6-10-39(41(37)43-40(36)22-12-27)42(34-17-13-31(14-18-34)30-7-4-3-5-8-30)35-19-15-32(16-20-35)38-26-29-23-28(2)24-33(38)25-29/h6,9-10,13,15-17,19-23,27-28,30,33,38H,3-5,7-8,11-12,14,18,24-26H2,1-2H3. The van der Waals surface area contributed by atoms with E-state index < -0.39 is 0 Å². The maximum absolute atomic E-state index is 2.62. The third-order valence-electron chi connectivity index (χ3n) is 11.4. The SMILES string of the molecule is CC1C=C2CC(C1)C(c1ccc(N(C3=CC=C(C4CCCCC4)CC3)c3cccc4c5c(sc34)=CCC(C)CC=5)cc1)C2. The van der Waals surface area contributed by atoms with Crippen molar-refractivity contribution in [3.05, 3.63) is 92.9 Å². The first-order valence-corrected chi connectivity index (χ1v) is 18.1. The van der Waals surface area contributed by atoms with Gasteiger partial charge in [-0.3, -0.25) is 0 Å². The van der Waals surface area contributed by atoms with Crippen molar-refractivity contribution in [1.82, 2.24) is 0 Å². The summed E-state index contributed by atoms with van der Waals surface area (Å²) in [7, 11) is 0. The fourth-order valence-electron chi connectivity index (χ4n) is 9.11. The Morgan fingerprint density at radius 1 is 0.837 bits per heavy atom. The molecule has 4 unspecified atom stereocenters. The van der Waals surface area contributed by atoms with Gasteiger partial charge in [0.05, 0.1) is 10.4 Å². The van der Waals surface area contributed by atoms with Crippen molar-refractivity contribution in [3.63, 3.8) is 0 Å². The summed E-state index contributed by atoms with van der Waals surface area (Å²) >= 11 is 2.01. The second-order valence-electron chi connectivity index (χ2n) is 14.5. The van der Waals surface area contributed by atoms with E-state index in [4.69, 9.17) is 0 Å². The van der Waals surface area contributed by atoms with Gasteiger partial charge < -0.3 is 4.90 Å². The molecule has 3 aromatic rings. The van der Waals surface area contributed by atoms with E-state index in [0.29, 0.717) is 5.92 Å². The van der Waals surface area contributed by atoms with Crippen LogP contribution in [0.25, 0.3) is 22.2 Å². The largest absolute Gasteiger partial charge is 0.313 e. The minimum Gasteiger partial charge on any atom is -0.313 e. The molecule has 2 saturated carbocycles. The first-order chi connectivity index (χ1) is 21.1. The summed E-state index contributed by atoms with van der Waals surface area (Å²) < 4.78 is 2.90. The van der Waals surface area contributed by atoms with Gasteiger partial charge in [-0.2, -0.15) is 0 Å². The molecule has 0 saturated heterocycles. The molecule has 4 atom stereocenters. The Hall–Kier alpha value is -2.84. The summed E-state index contributed by atoms with van der Waals surface area (Å²) in [6, 6.07) is 16.9. The zero-order valence-electron chi connectivity index (χ0n) is 26.2. The summed E-state index contributed by atoms with van der Waals surface area (Å²) in [6.45, 7) is 4.78. The molecule has 43 heavy (non-hydrogen) atoms. The van der Waals surface area contributed by atoms with Crippen molar-refractivity contribution >= 4 is 44.9 Å². The minimum absolute atomic E-state index is 0.693. The Morgan fingerprint density at radius 3 is 2.49 bits per heavy atom. The third kappa shape index (κ3) is 5.28. The number of thiophene rings is 1. The lowest BCUT2D eigenvalue weighted by Gasteiger charge is -2.32. The van der Waals surface area contributed by atoms with Gasteiger partial charge in [-0.1, -0.05) is 92.8 Å². The third-order valence-corrected chi connectivity index (χ3v) is 12.6. The number of hydrogen-bond acceptors (Lipinski definition) is 2.